The Labute approximate surface area is 165 Å². The average Bonchev–Trinajstić information content (AvgIpc) is 2.66. The summed E-state index contributed by atoms with van der Waals surface area (Å²) in [6.07, 6.45) is 0.00735. The van der Waals surface area contributed by atoms with Gasteiger partial charge in [-0.3, -0.25) is 9.59 Å². The molecule has 0 aromatic heterocycles. The quantitative estimate of drug-likeness (QED) is 0.687. The van der Waals surface area contributed by atoms with Crippen molar-refractivity contribution >= 4 is 11.9 Å². The van der Waals surface area contributed by atoms with Gasteiger partial charge < -0.3 is 19.9 Å². The molecule has 0 heterocycles. The summed E-state index contributed by atoms with van der Waals surface area (Å²) in [6, 6.07) is 14.2. The molecule has 1 unspecified atom stereocenters. The highest BCUT2D eigenvalue weighted by atomic mass is 16.5. The fourth-order valence-corrected chi connectivity index (χ4v) is 3.13. The van der Waals surface area contributed by atoms with Gasteiger partial charge >= 0.3 is 5.97 Å². The van der Waals surface area contributed by atoms with Crippen LogP contribution in [0.25, 0.3) is 0 Å². The number of carbonyl (C=O) groups is 2. The van der Waals surface area contributed by atoms with Gasteiger partial charge in [-0.15, -0.1) is 0 Å². The molecule has 0 bridgehead atoms. The molecule has 2 rings (SSSR count). The zero-order chi connectivity index (χ0) is 20.7. The van der Waals surface area contributed by atoms with Crippen molar-refractivity contribution in [2.75, 3.05) is 14.2 Å². The summed E-state index contributed by atoms with van der Waals surface area (Å²) in [5.74, 6) is -0.191. The Morgan fingerprint density at radius 3 is 2.25 bits per heavy atom. The summed E-state index contributed by atoms with van der Waals surface area (Å²) in [5, 5.41) is 12.2. The van der Waals surface area contributed by atoms with E-state index in [1.165, 1.54) is 14.2 Å². The number of aliphatic carboxylic acids is 1. The number of carbonyl (C=O) groups excluding carboxylic acids is 1. The zero-order valence-electron chi connectivity index (χ0n) is 16.7. The minimum Gasteiger partial charge on any atom is -0.493 e. The molecule has 0 radical (unpaired) electrons. The standard InChI is InChI=1S/C22H27NO5/c1-22(2,16-8-6-5-7-9-16)14-20(24)23-17(13-21(25)26)15-10-11-18(27-3)19(12-15)28-4/h5-12,17H,13-14H2,1-4H3,(H,23,24)(H,25,26). The van der Waals surface area contributed by atoms with E-state index in [1.807, 2.05) is 44.2 Å². The first-order valence-electron chi connectivity index (χ1n) is 9.05. The lowest BCUT2D eigenvalue weighted by molar-refractivity contribution is -0.137. The van der Waals surface area contributed by atoms with E-state index in [-0.39, 0.29) is 24.2 Å². The van der Waals surface area contributed by atoms with Crippen LogP contribution in [0.2, 0.25) is 0 Å². The molecule has 0 aliphatic rings. The third kappa shape index (κ3) is 5.49. The highest BCUT2D eigenvalue weighted by Gasteiger charge is 2.27. The first-order chi connectivity index (χ1) is 13.3. The number of hydrogen-bond acceptors (Lipinski definition) is 4. The summed E-state index contributed by atoms with van der Waals surface area (Å²) in [7, 11) is 3.04. The monoisotopic (exact) mass is 385 g/mol. The Bertz CT molecular complexity index is 817. The van der Waals surface area contributed by atoms with Crippen LogP contribution >= 0.6 is 0 Å². The molecule has 0 aliphatic carbocycles. The van der Waals surface area contributed by atoms with Gasteiger partial charge in [0.1, 0.15) is 0 Å². The van der Waals surface area contributed by atoms with Crippen LogP contribution in [0.5, 0.6) is 11.5 Å². The van der Waals surface area contributed by atoms with Crippen molar-refractivity contribution in [3.05, 3.63) is 59.7 Å². The van der Waals surface area contributed by atoms with E-state index in [0.717, 1.165) is 5.56 Å². The predicted octanol–water partition coefficient (Wildman–Crippen LogP) is 3.70. The van der Waals surface area contributed by atoms with Crippen LogP contribution in [0.1, 0.15) is 43.9 Å². The zero-order valence-corrected chi connectivity index (χ0v) is 16.7. The number of hydrogen-bond donors (Lipinski definition) is 2. The highest BCUT2D eigenvalue weighted by molar-refractivity contribution is 5.79. The Morgan fingerprint density at radius 2 is 1.68 bits per heavy atom. The number of nitrogens with one attached hydrogen (secondary N) is 1. The van der Waals surface area contributed by atoms with E-state index in [2.05, 4.69) is 5.32 Å². The molecule has 0 aliphatic heterocycles. The van der Waals surface area contributed by atoms with Crippen molar-refractivity contribution < 1.29 is 24.2 Å². The molecule has 2 aromatic carbocycles. The maximum atomic E-state index is 12.7. The lowest BCUT2D eigenvalue weighted by Gasteiger charge is -2.26. The number of rotatable bonds is 9. The molecule has 28 heavy (non-hydrogen) atoms. The van der Waals surface area contributed by atoms with Crippen molar-refractivity contribution in [3.8, 4) is 11.5 Å². The van der Waals surface area contributed by atoms with Gasteiger partial charge in [0, 0.05) is 6.42 Å². The Hall–Kier alpha value is -3.02. The molecular formula is C22H27NO5. The lowest BCUT2D eigenvalue weighted by Crippen LogP contribution is -2.34. The molecule has 2 aromatic rings. The van der Waals surface area contributed by atoms with E-state index in [1.54, 1.807) is 18.2 Å². The molecule has 0 saturated heterocycles. The topological polar surface area (TPSA) is 84.9 Å². The SMILES string of the molecule is COc1ccc(C(CC(=O)O)NC(=O)CC(C)(C)c2ccccc2)cc1OC. The second-order valence-electron chi connectivity index (χ2n) is 7.26. The maximum Gasteiger partial charge on any atom is 0.305 e. The smallest absolute Gasteiger partial charge is 0.305 e. The maximum absolute atomic E-state index is 12.7. The van der Waals surface area contributed by atoms with Gasteiger partial charge in [0.2, 0.25) is 5.91 Å². The van der Waals surface area contributed by atoms with Gasteiger partial charge in [0.05, 0.1) is 26.7 Å². The van der Waals surface area contributed by atoms with Crippen LogP contribution in [0.3, 0.4) is 0 Å². The van der Waals surface area contributed by atoms with E-state index < -0.39 is 12.0 Å². The number of amides is 1. The van der Waals surface area contributed by atoms with Crippen molar-refractivity contribution in [1.29, 1.82) is 0 Å². The highest BCUT2D eigenvalue weighted by Crippen LogP contribution is 2.32. The second-order valence-corrected chi connectivity index (χ2v) is 7.26. The van der Waals surface area contributed by atoms with Crippen LogP contribution < -0.4 is 14.8 Å². The number of carboxylic acid groups (broad SMARTS) is 1. The van der Waals surface area contributed by atoms with Crippen LogP contribution in [0, 0.1) is 0 Å². The van der Waals surface area contributed by atoms with Gasteiger partial charge in [0.15, 0.2) is 11.5 Å². The van der Waals surface area contributed by atoms with E-state index in [0.29, 0.717) is 17.1 Å². The van der Waals surface area contributed by atoms with Crippen molar-refractivity contribution in [3.63, 3.8) is 0 Å². The van der Waals surface area contributed by atoms with Gasteiger partial charge in [-0.1, -0.05) is 50.2 Å². The van der Waals surface area contributed by atoms with Crippen LogP contribution in [0.15, 0.2) is 48.5 Å². The molecular weight excluding hydrogens is 358 g/mol. The van der Waals surface area contributed by atoms with E-state index in [9.17, 15) is 14.7 Å². The number of carboxylic acids is 1. The number of benzene rings is 2. The Balaban J connectivity index is 2.20. The third-order valence-corrected chi connectivity index (χ3v) is 4.68. The summed E-state index contributed by atoms with van der Waals surface area (Å²) in [6.45, 7) is 3.98. The molecule has 0 fully saturated rings. The van der Waals surface area contributed by atoms with E-state index >= 15 is 0 Å². The van der Waals surface area contributed by atoms with Crippen molar-refractivity contribution in [1.82, 2.24) is 5.32 Å². The summed E-state index contributed by atoms with van der Waals surface area (Å²) in [4.78, 5) is 24.1. The molecule has 6 heteroatoms. The molecule has 1 atom stereocenters. The van der Waals surface area contributed by atoms with E-state index in [4.69, 9.17) is 9.47 Å². The van der Waals surface area contributed by atoms with Crippen LogP contribution in [-0.2, 0) is 15.0 Å². The average molecular weight is 385 g/mol. The molecule has 2 N–H and O–H groups in total. The lowest BCUT2D eigenvalue weighted by atomic mass is 9.81. The van der Waals surface area contributed by atoms with Crippen LogP contribution in [-0.4, -0.2) is 31.2 Å². The van der Waals surface area contributed by atoms with Gasteiger partial charge in [0.25, 0.3) is 0 Å². The van der Waals surface area contributed by atoms with Crippen molar-refractivity contribution in [2.45, 2.75) is 38.1 Å². The van der Waals surface area contributed by atoms with Gasteiger partial charge in [-0.05, 0) is 28.7 Å². The molecule has 1 amide bonds. The third-order valence-electron chi connectivity index (χ3n) is 4.68. The predicted molar refractivity (Wildman–Crippen MR) is 107 cm³/mol. The number of ether oxygens (including phenoxy) is 2. The fourth-order valence-electron chi connectivity index (χ4n) is 3.13. The molecule has 0 spiro atoms. The van der Waals surface area contributed by atoms with Gasteiger partial charge in [-0.2, -0.15) is 0 Å². The largest absolute Gasteiger partial charge is 0.493 e. The number of methoxy groups -OCH3 is 2. The van der Waals surface area contributed by atoms with Crippen LogP contribution in [0.4, 0.5) is 0 Å². The summed E-state index contributed by atoms with van der Waals surface area (Å²) in [5.41, 5.74) is 1.31. The first kappa shape index (κ1) is 21.3. The minimum absolute atomic E-state index is 0.213. The molecule has 150 valence electrons. The fraction of sp³-hybridized carbons (Fsp3) is 0.364. The van der Waals surface area contributed by atoms with Gasteiger partial charge in [-0.25, -0.2) is 0 Å². The normalized spacial score (nSPS) is 12.1. The first-order valence-corrected chi connectivity index (χ1v) is 9.05. The Kier molecular flexibility index (Phi) is 7.04. The summed E-state index contributed by atoms with van der Waals surface area (Å²) >= 11 is 0. The van der Waals surface area contributed by atoms with Crippen molar-refractivity contribution in [2.24, 2.45) is 0 Å². The summed E-state index contributed by atoms with van der Waals surface area (Å²) < 4.78 is 10.5. The molecule has 6 nitrogen and oxygen atoms in total. The minimum atomic E-state index is -0.998. The molecule has 0 saturated carbocycles. The Morgan fingerprint density at radius 1 is 1.04 bits per heavy atom. The second kappa shape index (κ2) is 9.26.